The second kappa shape index (κ2) is 9.52. The first-order valence-electron chi connectivity index (χ1n) is 11.4. The summed E-state index contributed by atoms with van der Waals surface area (Å²) in [4.78, 5) is 25.1. The summed E-state index contributed by atoms with van der Waals surface area (Å²) in [7, 11) is -3.62. The first kappa shape index (κ1) is 23.1. The molecular weight excluding hydrogens is 472 g/mol. The highest BCUT2D eigenvalue weighted by atomic mass is 32.2. The zero-order valence-electron chi connectivity index (χ0n) is 18.9. The number of rotatable bonds is 5. The van der Waals surface area contributed by atoms with Crippen LogP contribution in [0.15, 0.2) is 56.7 Å². The van der Waals surface area contributed by atoms with Gasteiger partial charge in [0, 0.05) is 57.6 Å². The maximum absolute atomic E-state index is 13.1. The number of piperazine rings is 1. The first-order chi connectivity index (χ1) is 17.0. The summed E-state index contributed by atoms with van der Waals surface area (Å²) < 4.78 is 38.1. The number of hydrogen-bond donors (Lipinski definition) is 0. The number of anilines is 1. The number of carbonyl (C=O) groups excluding carboxylic acids is 1. The summed E-state index contributed by atoms with van der Waals surface area (Å²) in [5.41, 5.74) is 0.187. The van der Waals surface area contributed by atoms with Crippen LogP contribution in [0.25, 0.3) is 11.7 Å². The summed E-state index contributed by atoms with van der Waals surface area (Å²) in [6.45, 7) is 2.31. The van der Waals surface area contributed by atoms with Crippen LogP contribution < -0.4 is 4.90 Å². The van der Waals surface area contributed by atoms with Gasteiger partial charge >= 0.3 is 0 Å². The fraction of sp³-hybridized carbons (Fsp3) is 0.391. The minimum atomic E-state index is -3.62. The second-order valence-corrected chi connectivity index (χ2v) is 10.4. The Kier molecular flexibility index (Phi) is 6.27. The quantitative estimate of drug-likeness (QED) is 0.519. The van der Waals surface area contributed by atoms with Crippen LogP contribution in [0.4, 0.5) is 5.88 Å². The minimum absolute atomic E-state index is 0.0393. The molecule has 1 amide bonds. The maximum Gasteiger partial charge on any atom is 0.266 e. The first-order valence-corrected chi connectivity index (χ1v) is 12.8. The lowest BCUT2D eigenvalue weighted by atomic mass is 9.95. The van der Waals surface area contributed by atoms with E-state index < -0.39 is 10.0 Å². The molecule has 0 aromatic carbocycles. The van der Waals surface area contributed by atoms with Gasteiger partial charge in [0.25, 0.3) is 5.89 Å². The Labute approximate surface area is 202 Å². The molecule has 3 aromatic rings. The standard InChI is InChI=1S/C23H24N6O5S/c24-15-19-23(34-21(26-19)20-4-2-14-33-20)28-8-5-17(6-9-28)22(30)27-10-12-29(13-11-27)35(31,32)18-3-1-7-25-16-18/h1-4,7,14,16-17H,5-6,8-13H2. The predicted octanol–water partition coefficient (Wildman–Crippen LogP) is 1.95. The largest absolute Gasteiger partial charge is 0.459 e. The van der Waals surface area contributed by atoms with Crippen molar-refractivity contribution < 1.29 is 22.0 Å². The zero-order valence-corrected chi connectivity index (χ0v) is 19.7. The van der Waals surface area contributed by atoms with Crippen molar-refractivity contribution in [3.05, 3.63) is 48.6 Å². The highest BCUT2D eigenvalue weighted by molar-refractivity contribution is 7.89. The van der Waals surface area contributed by atoms with Crippen LogP contribution in [0, 0.1) is 17.2 Å². The van der Waals surface area contributed by atoms with E-state index >= 15 is 0 Å². The van der Waals surface area contributed by atoms with E-state index in [0.29, 0.717) is 50.7 Å². The summed E-state index contributed by atoms with van der Waals surface area (Å²) in [5.74, 6) is 0.962. The van der Waals surface area contributed by atoms with Crippen LogP contribution in [-0.4, -0.2) is 72.8 Å². The highest BCUT2D eigenvalue weighted by Gasteiger charge is 2.35. The molecule has 5 rings (SSSR count). The topological polar surface area (TPSA) is 137 Å². The number of hydrogen-bond acceptors (Lipinski definition) is 9. The van der Waals surface area contributed by atoms with E-state index in [1.54, 1.807) is 23.1 Å². The van der Waals surface area contributed by atoms with Gasteiger partial charge in [-0.1, -0.05) is 0 Å². The molecule has 2 aliphatic heterocycles. The predicted molar refractivity (Wildman–Crippen MR) is 123 cm³/mol. The number of amides is 1. The van der Waals surface area contributed by atoms with Gasteiger partial charge in [-0.2, -0.15) is 14.6 Å². The number of furan rings is 1. The van der Waals surface area contributed by atoms with Gasteiger partial charge in [-0.25, -0.2) is 8.42 Å². The van der Waals surface area contributed by atoms with E-state index in [1.807, 2.05) is 4.90 Å². The SMILES string of the molecule is N#Cc1nc(-c2ccco2)oc1N1CCC(C(=O)N2CCN(S(=O)(=O)c3cccnc3)CC2)CC1. The molecule has 0 atom stereocenters. The average Bonchev–Trinajstić information content (AvgIpc) is 3.59. The van der Waals surface area contributed by atoms with Crippen LogP contribution in [0.3, 0.4) is 0 Å². The lowest BCUT2D eigenvalue weighted by molar-refractivity contribution is -0.137. The van der Waals surface area contributed by atoms with Crippen molar-refractivity contribution in [3.63, 3.8) is 0 Å². The van der Waals surface area contributed by atoms with Crippen LogP contribution >= 0.6 is 0 Å². The lowest BCUT2D eigenvalue weighted by Gasteiger charge is -2.38. The van der Waals surface area contributed by atoms with Crippen molar-refractivity contribution in [3.8, 4) is 17.7 Å². The monoisotopic (exact) mass is 496 g/mol. The Morgan fingerprint density at radius 2 is 1.86 bits per heavy atom. The van der Waals surface area contributed by atoms with E-state index in [0.717, 1.165) is 0 Å². The number of carbonyl (C=O) groups is 1. The van der Waals surface area contributed by atoms with Crippen molar-refractivity contribution >= 4 is 21.8 Å². The Morgan fingerprint density at radius 1 is 1.09 bits per heavy atom. The molecule has 182 valence electrons. The van der Waals surface area contributed by atoms with Crippen molar-refractivity contribution in [2.75, 3.05) is 44.2 Å². The molecule has 11 nitrogen and oxygen atoms in total. The minimum Gasteiger partial charge on any atom is -0.459 e. The van der Waals surface area contributed by atoms with Gasteiger partial charge in [-0.05, 0) is 37.1 Å². The number of aromatic nitrogens is 2. The molecule has 12 heteroatoms. The Hall–Kier alpha value is -3.69. The van der Waals surface area contributed by atoms with E-state index in [1.165, 1.54) is 29.0 Å². The zero-order chi connectivity index (χ0) is 24.4. The Bertz CT molecular complexity index is 1320. The van der Waals surface area contributed by atoms with Crippen LogP contribution in [0.5, 0.6) is 0 Å². The van der Waals surface area contributed by atoms with E-state index in [4.69, 9.17) is 8.83 Å². The van der Waals surface area contributed by atoms with Crippen LogP contribution in [0.1, 0.15) is 18.5 Å². The third kappa shape index (κ3) is 4.52. The Balaban J connectivity index is 1.18. The molecule has 0 N–H and O–H groups in total. The molecule has 35 heavy (non-hydrogen) atoms. The summed E-state index contributed by atoms with van der Waals surface area (Å²) in [5, 5.41) is 9.48. The molecule has 3 aromatic heterocycles. The molecule has 0 bridgehead atoms. The van der Waals surface area contributed by atoms with Gasteiger partial charge in [0.05, 0.1) is 6.26 Å². The number of oxazole rings is 1. The number of piperidine rings is 1. The normalized spacial score (nSPS) is 17.9. The van der Waals surface area contributed by atoms with Crippen molar-refractivity contribution in [1.29, 1.82) is 5.26 Å². The lowest BCUT2D eigenvalue weighted by Crippen LogP contribution is -2.52. The molecule has 0 saturated carbocycles. The van der Waals surface area contributed by atoms with Crippen molar-refractivity contribution in [1.82, 2.24) is 19.2 Å². The van der Waals surface area contributed by atoms with E-state index in [2.05, 4.69) is 16.0 Å². The molecule has 2 fully saturated rings. The smallest absolute Gasteiger partial charge is 0.266 e. The number of nitrogens with zero attached hydrogens (tertiary/aromatic N) is 6. The molecular formula is C23H24N6O5S. The maximum atomic E-state index is 13.1. The molecule has 0 unspecified atom stereocenters. The van der Waals surface area contributed by atoms with Gasteiger partial charge in [-0.3, -0.25) is 9.78 Å². The molecule has 0 spiro atoms. The second-order valence-electron chi connectivity index (χ2n) is 8.44. The molecule has 0 aliphatic carbocycles. The van der Waals surface area contributed by atoms with Gasteiger partial charge in [0.2, 0.25) is 27.5 Å². The molecule has 5 heterocycles. The van der Waals surface area contributed by atoms with E-state index in [-0.39, 0.29) is 41.4 Å². The van der Waals surface area contributed by atoms with Crippen LogP contribution in [0.2, 0.25) is 0 Å². The molecule has 2 saturated heterocycles. The Morgan fingerprint density at radius 3 is 2.49 bits per heavy atom. The third-order valence-electron chi connectivity index (χ3n) is 6.40. The van der Waals surface area contributed by atoms with E-state index in [9.17, 15) is 18.5 Å². The summed E-state index contributed by atoms with van der Waals surface area (Å²) in [6.07, 6.45) is 5.59. The number of pyridine rings is 1. The molecule has 2 aliphatic rings. The van der Waals surface area contributed by atoms with Crippen molar-refractivity contribution in [2.45, 2.75) is 17.7 Å². The van der Waals surface area contributed by atoms with Crippen molar-refractivity contribution in [2.24, 2.45) is 5.92 Å². The third-order valence-corrected chi connectivity index (χ3v) is 8.28. The summed E-state index contributed by atoms with van der Waals surface area (Å²) in [6, 6.07) is 8.62. The fourth-order valence-corrected chi connectivity index (χ4v) is 5.88. The highest BCUT2D eigenvalue weighted by Crippen LogP contribution is 2.32. The van der Waals surface area contributed by atoms with Gasteiger partial charge in [-0.15, -0.1) is 0 Å². The van der Waals surface area contributed by atoms with Gasteiger partial charge in [0.15, 0.2) is 5.76 Å². The average molecular weight is 497 g/mol. The molecule has 0 radical (unpaired) electrons. The summed E-state index contributed by atoms with van der Waals surface area (Å²) >= 11 is 0. The van der Waals surface area contributed by atoms with Crippen LogP contribution in [-0.2, 0) is 14.8 Å². The van der Waals surface area contributed by atoms with Gasteiger partial charge < -0.3 is 18.6 Å². The van der Waals surface area contributed by atoms with Gasteiger partial charge in [0.1, 0.15) is 11.0 Å². The number of sulfonamides is 1. The number of nitriles is 1. The fourth-order valence-electron chi connectivity index (χ4n) is 4.49.